The minimum Gasteiger partial charge on any atom is -0.466 e. The molecule has 1 aliphatic heterocycles. The van der Waals surface area contributed by atoms with Crippen molar-refractivity contribution in [2.45, 2.75) is 19.8 Å². The highest BCUT2D eigenvalue weighted by Gasteiger charge is 2.27. The third kappa shape index (κ3) is 4.43. The number of halogens is 1. The van der Waals surface area contributed by atoms with E-state index in [4.69, 9.17) is 9.47 Å². The highest BCUT2D eigenvalue weighted by Crippen LogP contribution is 2.26. The SMILES string of the molecule is CCOC(=O)[C@@H]1CCCN(c2cc(Oc3cccc(F)c3)ncn2)C1. The van der Waals surface area contributed by atoms with Crippen LogP contribution in [-0.2, 0) is 9.53 Å². The van der Waals surface area contributed by atoms with Crippen LogP contribution in [0.1, 0.15) is 19.8 Å². The van der Waals surface area contributed by atoms with E-state index >= 15 is 0 Å². The molecule has 0 radical (unpaired) electrons. The molecule has 1 aromatic carbocycles. The predicted octanol–water partition coefficient (Wildman–Crippen LogP) is 3.19. The molecule has 1 aliphatic rings. The average molecular weight is 345 g/mol. The van der Waals surface area contributed by atoms with Crippen molar-refractivity contribution < 1.29 is 18.7 Å². The monoisotopic (exact) mass is 345 g/mol. The summed E-state index contributed by atoms with van der Waals surface area (Å²) >= 11 is 0. The van der Waals surface area contributed by atoms with Crippen molar-refractivity contribution in [3.8, 4) is 11.6 Å². The number of hydrogen-bond acceptors (Lipinski definition) is 6. The first-order chi connectivity index (χ1) is 12.2. The topological polar surface area (TPSA) is 64.5 Å². The zero-order chi connectivity index (χ0) is 17.6. The minimum atomic E-state index is -0.375. The number of carbonyl (C=O) groups is 1. The number of aromatic nitrogens is 2. The van der Waals surface area contributed by atoms with Crippen LogP contribution < -0.4 is 9.64 Å². The van der Waals surface area contributed by atoms with Gasteiger partial charge >= 0.3 is 5.97 Å². The summed E-state index contributed by atoms with van der Waals surface area (Å²) in [6, 6.07) is 7.56. The van der Waals surface area contributed by atoms with Crippen molar-refractivity contribution in [2.24, 2.45) is 5.92 Å². The highest BCUT2D eigenvalue weighted by molar-refractivity contribution is 5.73. The van der Waals surface area contributed by atoms with Gasteiger partial charge in [0, 0.05) is 25.2 Å². The smallest absolute Gasteiger partial charge is 0.310 e. The standard InChI is InChI=1S/C18H20FN3O3/c1-2-24-18(23)13-5-4-8-22(11-13)16-10-17(21-12-20-16)25-15-7-3-6-14(19)9-15/h3,6-7,9-10,12-13H,2,4-5,8,11H2,1H3/t13-/m1/s1. The van der Waals surface area contributed by atoms with Gasteiger partial charge in [0.05, 0.1) is 12.5 Å². The summed E-state index contributed by atoms with van der Waals surface area (Å²) in [7, 11) is 0. The Bertz CT molecular complexity index is 741. The fourth-order valence-electron chi connectivity index (χ4n) is 2.85. The molecule has 0 N–H and O–H groups in total. The van der Waals surface area contributed by atoms with Gasteiger partial charge in [0.2, 0.25) is 5.88 Å². The van der Waals surface area contributed by atoms with Crippen LogP contribution in [0, 0.1) is 11.7 Å². The molecular weight excluding hydrogens is 325 g/mol. The van der Waals surface area contributed by atoms with Gasteiger partial charge in [-0.3, -0.25) is 4.79 Å². The Morgan fingerprint density at radius 3 is 3.04 bits per heavy atom. The van der Waals surface area contributed by atoms with Crippen molar-refractivity contribution in [2.75, 3.05) is 24.6 Å². The minimum absolute atomic E-state index is 0.156. The molecule has 0 spiro atoms. The lowest BCUT2D eigenvalue weighted by atomic mass is 9.98. The van der Waals surface area contributed by atoms with Crippen molar-refractivity contribution in [1.82, 2.24) is 9.97 Å². The Kier molecular flexibility index (Phi) is 5.42. The van der Waals surface area contributed by atoms with E-state index in [9.17, 15) is 9.18 Å². The molecular formula is C18H20FN3O3. The molecule has 1 saturated heterocycles. The number of nitrogens with zero attached hydrogens (tertiary/aromatic N) is 3. The van der Waals surface area contributed by atoms with Gasteiger partial charge in [-0.25, -0.2) is 14.4 Å². The van der Waals surface area contributed by atoms with Gasteiger partial charge < -0.3 is 14.4 Å². The lowest BCUT2D eigenvalue weighted by molar-refractivity contribution is -0.148. The van der Waals surface area contributed by atoms with Gasteiger partial charge in [-0.15, -0.1) is 0 Å². The third-order valence-electron chi connectivity index (χ3n) is 4.01. The fraction of sp³-hybridized carbons (Fsp3) is 0.389. The Labute approximate surface area is 145 Å². The molecule has 0 bridgehead atoms. The molecule has 1 aromatic heterocycles. The molecule has 132 valence electrons. The van der Waals surface area contributed by atoms with Crippen molar-refractivity contribution >= 4 is 11.8 Å². The first kappa shape index (κ1) is 17.1. The molecule has 1 atom stereocenters. The summed E-state index contributed by atoms with van der Waals surface area (Å²) in [4.78, 5) is 22.3. The Morgan fingerprint density at radius 1 is 1.36 bits per heavy atom. The maximum Gasteiger partial charge on any atom is 0.310 e. The van der Waals surface area contributed by atoms with Gasteiger partial charge in [-0.05, 0) is 31.9 Å². The average Bonchev–Trinajstić information content (AvgIpc) is 2.62. The number of esters is 1. The number of ether oxygens (including phenoxy) is 2. The number of piperidine rings is 1. The zero-order valence-electron chi connectivity index (χ0n) is 14.0. The maximum absolute atomic E-state index is 13.3. The summed E-state index contributed by atoms with van der Waals surface area (Å²) < 4.78 is 24.0. The van der Waals surface area contributed by atoms with Gasteiger partial charge in [-0.2, -0.15) is 0 Å². The van der Waals surface area contributed by atoms with E-state index in [-0.39, 0.29) is 17.7 Å². The summed E-state index contributed by atoms with van der Waals surface area (Å²) in [5.41, 5.74) is 0. The molecule has 6 nitrogen and oxygen atoms in total. The molecule has 0 amide bonds. The quantitative estimate of drug-likeness (QED) is 0.776. The van der Waals surface area contributed by atoms with Gasteiger partial charge in [0.15, 0.2) is 0 Å². The second-order valence-electron chi connectivity index (χ2n) is 5.81. The third-order valence-corrected chi connectivity index (χ3v) is 4.01. The maximum atomic E-state index is 13.3. The highest BCUT2D eigenvalue weighted by atomic mass is 19.1. The first-order valence-electron chi connectivity index (χ1n) is 8.32. The molecule has 1 fully saturated rings. The van der Waals surface area contributed by atoms with Crippen LogP contribution in [0.2, 0.25) is 0 Å². The van der Waals surface area contributed by atoms with E-state index in [1.165, 1.54) is 18.5 Å². The van der Waals surface area contributed by atoms with Crippen molar-refractivity contribution in [3.63, 3.8) is 0 Å². The number of carbonyl (C=O) groups excluding carboxylic acids is 1. The zero-order valence-corrected chi connectivity index (χ0v) is 14.0. The number of benzene rings is 1. The number of anilines is 1. The molecule has 3 rings (SSSR count). The van der Waals surface area contributed by atoms with Gasteiger partial charge in [-0.1, -0.05) is 6.07 Å². The van der Waals surface area contributed by atoms with Crippen LogP contribution >= 0.6 is 0 Å². The molecule has 2 aromatic rings. The van der Waals surface area contributed by atoms with Crippen molar-refractivity contribution in [1.29, 1.82) is 0 Å². The Balaban J connectivity index is 1.71. The van der Waals surface area contributed by atoms with E-state index in [1.54, 1.807) is 25.1 Å². The van der Waals surface area contributed by atoms with Crippen LogP contribution in [-0.4, -0.2) is 35.6 Å². The summed E-state index contributed by atoms with van der Waals surface area (Å²) in [6.45, 7) is 3.54. The number of rotatable bonds is 5. The second-order valence-corrected chi connectivity index (χ2v) is 5.81. The van der Waals surface area contributed by atoms with Crippen molar-refractivity contribution in [3.05, 3.63) is 42.5 Å². The van der Waals surface area contributed by atoms with E-state index in [1.807, 2.05) is 4.90 Å². The van der Waals surface area contributed by atoms with E-state index in [2.05, 4.69) is 9.97 Å². The predicted molar refractivity (Wildman–Crippen MR) is 90.1 cm³/mol. The van der Waals surface area contributed by atoms with Gasteiger partial charge in [0.25, 0.3) is 0 Å². The van der Waals surface area contributed by atoms with Crippen LogP contribution in [0.4, 0.5) is 10.2 Å². The largest absolute Gasteiger partial charge is 0.466 e. The van der Waals surface area contributed by atoms with Crippen LogP contribution in [0.3, 0.4) is 0 Å². The molecule has 0 unspecified atom stereocenters. The van der Waals surface area contributed by atoms with Crippen LogP contribution in [0.5, 0.6) is 11.6 Å². The van der Waals surface area contributed by atoms with Crippen LogP contribution in [0.15, 0.2) is 36.7 Å². The molecule has 25 heavy (non-hydrogen) atoms. The second kappa shape index (κ2) is 7.92. The van der Waals surface area contributed by atoms with Gasteiger partial charge in [0.1, 0.15) is 23.7 Å². The molecule has 0 saturated carbocycles. The lowest BCUT2D eigenvalue weighted by Crippen LogP contribution is -2.39. The van der Waals surface area contributed by atoms with E-state index in [0.717, 1.165) is 19.4 Å². The molecule has 0 aliphatic carbocycles. The number of hydrogen-bond donors (Lipinski definition) is 0. The summed E-state index contributed by atoms with van der Waals surface area (Å²) in [6.07, 6.45) is 3.10. The molecule has 2 heterocycles. The fourth-order valence-corrected chi connectivity index (χ4v) is 2.85. The van der Waals surface area contributed by atoms with Crippen LogP contribution in [0.25, 0.3) is 0 Å². The van der Waals surface area contributed by atoms with E-state index in [0.29, 0.717) is 30.6 Å². The normalized spacial score (nSPS) is 17.2. The lowest BCUT2D eigenvalue weighted by Gasteiger charge is -2.32. The summed E-state index contributed by atoms with van der Waals surface area (Å²) in [5, 5.41) is 0. The first-order valence-corrected chi connectivity index (χ1v) is 8.32. The van der Waals surface area contributed by atoms with E-state index < -0.39 is 0 Å². The molecule has 7 heteroatoms. The Morgan fingerprint density at radius 2 is 2.24 bits per heavy atom. The Hall–Kier alpha value is -2.70. The summed E-state index contributed by atoms with van der Waals surface area (Å²) in [5.74, 6) is 0.672.